The molecule has 0 saturated carbocycles. The Bertz CT molecular complexity index is 334. The minimum absolute atomic E-state index is 0.283. The second-order valence-electron chi connectivity index (χ2n) is 3.29. The van der Waals surface area contributed by atoms with E-state index < -0.39 is 11.9 Å². The highest BCUT2D eigenvalue weighted by Crippen LogP contribution is 2.21. The summed E-state index contributed by atoms with van der Waals surface area (Å²) in [7, 11) is 0. The average Bonchev–Trinajstić information content (AvgIpc) is 2.17. The van der Waals surface area contributed by atoms with Gasteiger partial charge in [0.1, 0.15) is 11.6 Å². The number of ether oxygens (including phenoxy) is 1. The Balaban J connectivity index is 2.69. The van der Waals surface area contributed by atoms with E-state index in [2.05, 4.69) is 6.58 Å². The zero-order chi connectivity index (χ0) is 11.3. The molecule has 2 nitrogen and oxygen atoms in total. The van der Waals surface area contributed by atoms with E-state index in [0.717, 1.165) is 6.42 Å². The highest BCUT2D eigenvalue weighted by Gasteiger charge is 2.08. The fraction of sp³-hybridized carbons (Fsp3) is 0.333. The second-order valence-corrected chi connectivity index (χ2v) is 3.29. The van der Waals surface area contributed by atoms with Gasteiger partial charge >= 0.3 is 0 Å². The van der Waals surface area contributed by atoms with E-state index in [1.165, 1.54) is 19.1 Å². The molecule has 0 fully saturated rings. The smallest absolute Gasteiger partial charge is 0.132 e. The van der Waals surface area contributed by atoms with Crippen molar-refractivity contribution in [2.24, 2.45) is 0 Å². The number of benzene rings is 1. The van der Waals surface area contributed by atoms with Gasteiger partial charge in [0.2, 0.25) is 0 Å². The van der Waals surface area contributed by atoms with Gasteiger partial charge in [-0.05, 0) is 25.5 Å². The number of hydrogen-bond acceptors (Lipinski definition) is 2. The molecule has 0 aliphatic heterocycles. The van der Waals surface area contributed by atoms with Gasteiger partial charge in [-0.2, -0.15) is 0 Å². The predicted molar refractivity (Wildman–Crippen MR) is 57.3 cm³/mol. The third kappa shape index (κ3) is 3.36. The first kappa shape index (κ1) is 11.7. The SMILES string of the molecule is C=CCCOc1ccc([C@H](C)O)c(F)c1. The molecule has 0 bridgehead atoms. The van der Waals surface area contributed by atoms with Crippen molar-refractivity contribution in [2.45, 2.75) is 19.4 Å². The summed E-state index contributed by atoms with van der Waals surface area (Å²) in [6, 6.07) is 4.46. The molecule has 1 aromatic rings. The highest BCUT2D eigenvalue weighted by atomic mass is 19.1. The van der Waals surface area contributed by atoms with Crippen LogP contribution in [0.25, 0.3) is 0 Å². The van der Waals surface area contributed by atoms with Gasteiger partial charge in [0, 0.05) is 11.6 Å². The summed E-state index contributed by atoms with van der Waals surface area (Å²) >= 11 is 0. The van der Waals surface area contributed by atoms with Crippen molar-refractivity contribution in [3.8, 4) is 5.75 Å². The molecule has 0 spiro atoms. The van der Waals surface area contributed by atoms with E-state index in [0.29, 0.717) is 12.4 Å². The minimum atomic E-state index is -0.799. The molecule has 1 rings (SSSR count). The fourth-order valence-corrected chi connectivity index (χ4v) is 1.20. The van der Waals surface area contributed by atoms with Crippen molar-refractivity contribution in [3.63, 3.8) is 0 Å². The molecule has 0 amide bonds. The van der Waals surface area contributed by atoms with Crippen molar-refractivity contribution >= 4 is 0 Å². The molecule has 0 saturated heterocycles. The molecule has 3 heteroatoms. The quantitative estimate of drug-likeness (QED) is 0.598. The Morgan fingerprint density at radius 1 is 1.60 bits per heavy atom. The summed E-state index contributed by atoms with van der Waals surface area (Å²) < 4.78 is 18.6. The second kappa shape index (κ2) is 5.51. The van der Waals surface area contributed by atoms with Gasteiger partial charge in [-0.1, -0.05) is 6.08 Å². The van der Waals surface area contributed by atoms with E-state index in [1.807, 2.05) is 0 Å². The number of rotatable bonds is 5. The van der Waals surface area contributed by atoms with Gasteiger partial charge in [0.25, 0.3) is 0 Å². The van der Waals surface area contributed by atoms with Crippen LogP contribution in [0.5, 0.6) is 5.75 Å². The Hall–Kier alpha value is -1.35. The molecular weight excluding hydrogens is 195 g/mol. The van der Waals surface area contributed by atoms with Crippen LogP contribution in [0.15, 0.2) is 30.9 Å². The lowest BCUT2D eigenvalue weighted by atomic mass is 10.1. The molecule has 15 heavy (non-hydrogen) atoms. The fourth-order valence-electron chi connectivity index (χ4n) is 1.20. The van der Waals surface area contributed by atoms with Crippen LogP contribution in [0.1, 0.15) is 25.0 Å². The van der Waals surface area contributed by atoms with Crippen LogP contribution >= 0.6 is 0 Å². The van der Waals surface area contributed by atoms with Gasteiger partial charge in [0.05, 0.1) is 12.7 Å². The first-order valence-corrected chi connectivity index (χ1v) is 4.86. The highest BCUT2D eigenvalue weighted by molar-refractivity contribution is 5.29. The molecule has 1 aromatic carbocycles. The van der Waals surface area contributed by atoms with Gasteiger partial charge < -0.3 is 9.84 Å². The van der Waals surface area contributed by atoms with E-state index >= 15 is 0 Å². The van der Waals surface area contributed by atoms with Crippen LogP contribution in [0.2, 0.25) is 0 Å². The standard InChI is InChI=1S/C12H15FO2/c1-3-4-7-15-10-5-6-11(9(2)14)12(13)8-10/h3,5-6,8-9,14H,1,4,7H2,2H3/t9-/m0/s1. The third-order valence-corrected chi connectivity index (χ3v) is 2.01. The minimum Gasteiger partial charge on any atom is -0.493 e. The number of hydrogen-bond donors (Lipinski definition) is 1. The van der Waals surface area contributed by atoms with Crippen LogP contribution in [0, 0.1) is 5.82 Å². The summed E-state index contributed by atoms with van der Waals surface area (Å²) in [5, 5.41) is 9.22. The lowest BCUT2D eigenvalue weighted by molar-refractivity contribution is 0.194. The maximum Gasteiger partial charge on any atom is 0.132 e. The Morgan fingerprint density at radius 2 is 2.33 bits per heavy atom. The monoisotopic (exact) mass is 210 g/mol. The van der Waals surface area contributed by atoms with E-state index in [-0.39, 0.29) is 5.56 Å². The van der Waals surface area contributed by atoms with Crippen molar-refractivity contribution < 1.29 is 14.2 Å². The summed E-state index contributed by atoms with van der Waals surface area (Å²) in [6.07, 6.45) is 1.66. The summed E-state index contributed by atoms with van der Waals surface area (Å²) in [4.78, 5) is 0. The van der Waals surface area contributed by atoms with Crippen LogP contribution in [0.3, 0.4) is 0 Å². The van der Waals surface area contributed by atoms with Crippen molar-refractivity contribution in [2.75, 3.05) is 6.61 Å². The molecule has 1 atom stereocenters. The van der Waals surface area contributed by atoms with Crippen LogP contribution < -0.4 is 4.74 Å². The maximum absolute atomic E-state index is 13.3. The molecule has 0 heterocycles. The maximum atomic E-state index is 13.3. The van der Waals surface area contributed by atoms with E-state index in [9.17, 15) is 9.50 Å². The Labute approximate surface area is 89.0 Å². The molecule has 0 unspecified atom stereocenters. The van der Waals surface area contributed by atoms with Crippen LogP contribution in [0.4, 0.5) is 4.39 Å². The Morgan fingerprint density at radius 3 is 2.87 bits per heavy atom. The molecule has 1 N–H and O–H groups in total. The predicted octanol–water partition coefficient (Wildman–Crippen LogP) is 2.83. The lowest BCUT2D eigenvalue weighted by Crippen LogP contribution is -1.99. The largest absolute Gasteiger partial charge is 0.493 e. The summed E-state index contributed by atoms with van der Waals surface area (Å²) in [5.74, 6) is 0.0276. The van der Waals surface area contributed by atoms with Gasteiger partial charge in [-0.25, -0.2) is 4.39 Å². The van der Waals surface area contributed by atoms with Crippen molar-refractivity contribution in [1.82, 2.24) is 0 Å². The number of aliphatic hydroxyl groups is 1. The molecular formula is C12H15FO2. The van der Waals surface area contributed by atoms with Gasteiger partial charge in [-0.3, -0.25) is 0 Å². The Kier molecular flexibility index (Phi) is 4.31. The normalized spacial score (nSPS) is 12.2. The summed E-state index contributed by atoms with van der Waals surface area (Å²) in [5.41, 5.74) is 0.283. The van der Waals surface area contributed by atoms with Crippen LogP contribution in [-0.2, 0) is 0 Å². The first-order valence-electron chi connectivity index (χ1n) is 4.86. The van der Waals surface area contributed by atoms with Crippen molar-refractivity contribution in [1.29, 1.82) is 0 Å². The topological polar surface area (TPSA) is 29.5 Å². The average molecular weight is 210 g/mol. The third-order valence-electron chi connectivity index (χ3n) is 2.01. The zero-order valence-electron chi connectivity index (χ0n) is 8.74. The lowest BCUT2D eigenvalue weighted by Gasteiger charge is -2.09. The summed E-state index contributed by atoms with van der Waals surface area (Å²) in [6.45, 7) is 5.57. The van der Waals surface area contributed by atoms with E-state index in [1.54, 1.807) is 12.1 Å². The molecule has 0 aliphatic rings. The van der Waals surface area contributed by atoms with Gasteiger partial charge in [0.15, 0.2) is 0 Å². The molecule has 0 aromatic heterocycles. The van der Waals surface area contributed by atoms with Crippen LogP contribution in [-0.4, -0.2) is 11.7 Å². The van der Waals surface area contributed by atoms with Gasteiger partial charge in [-0.15, -0.1) is 6.58 Å². The molecule has 0 radical (unpaired) electrons. The molecule has 0 aliphatic carbocycles. The first-order chi connectivity index (χ1) is 7.15. The van der Waals surface area contributed by atoms with E-state index in [4.69, 9.17) is 4.74 Å². The van der Waals surface area contributed by atoms with Crippen molar-refractivity contribution in [3.05, 3.63) is 42.2 Å². The zero-order valence-corrected chi connectivity index (χ0v) is 8.74. The number of halogens is 1. The number of aliphatic hydroxyl groups excluding tert-OH is 1. The molecule has 82 valence electrons.